The fourth-order valence-electron chi connectivity index (χ4n) is 3.24. The van der Waals surface area contributed by atoms with E-state index >= 15 is 0 Å². The van der Waals surface area contributed by atoms with Crippen LogP contribution in [0.2, 0.25) is 0 Å². The van der Waals surface area contributed by atoms with Crippen molar-refractivity contribution in [3.8, 4) is 0 Å². The highest BCUT2D eigenvalue weighted by Crippen LogP contribution is 2.17. The molecule has 1 aromatic rings. The van der Waals surface area contributed by atoms with Crippen LogP contribution in [0.5, 0.6) is 0 Å². The molecule has 5 nitrogen and oxygen atoms in total. The van der Waals surface area contributed by atoms with Gasteiger partial charge >= 0.3 is 0 Å². The van der Waals surface area contributed by atoms with Crippen LogP contribution in [0.15, 0.2) is 18.3 Å². The summed E-state index contributed by atoms with van der Waals surface area (Å²) in [6.45, 7) is 4.12. The normalized spacial score (nSPS) is 20.5. The van der Waals surface area contributed by atoms with Gasteiger partial charge in [-0.2, -0.15) is 0 Å². The molecule has 2 fully saturated rings. The molecule has 0 saturated carbocycles. The van der Waals surface area contributed by atoms with Crippen molar-refractivity contribution in [2.75, 3.05) is 31.1 Å². The molecule has 2 aliphatic rings. The van der Waals surface area contributed by atoms with Gasteiger partial charge in [0, 0.05) is 25.3 Å². The van der Waals surface area contributed by atoms with E-state index in [0.29, 0.717) is 11.6 Å². The lowest BCUT2D eigenvalue weighted by atomic mass is 10.1. The van der Waals surface area contributed by atoms with Crippen LogP contribution in [0.4, 0.5) is 5.82 Å². The Bertz CT molecular complexity index is 474. The summed E-state index contributed by atoms with van der Waals surface area (Å²) in [5.74, 6) is 1.00. The third-order valence-electron chi connectivity index (χ3n) is 4.61. The van der Waals surface area contributed by atoms with E-state index in [1.807, 2.05) is 12.1 Å². The van der Waals surface area contributed by atoms with Crippen molar-refractivity contribution in [1.82, 2.24) is 15.6 Å². The van der Waals surface area contributed by atoms with Crippen molar-refractivity contribution in [1.29, 1.82) is 0 Å². The minimum absolute atomic E-state index is 0.00168. The van der Waals surface area contributed by atoms with Crippen LogP contribution in [0, 0.1) is 0 Å². The Morgan fingerprint density at radius 3 is 2.50 bits per heavy atom. The highest BCUT2D eigenvalue weighted by Gasteiger charge is 2.17. The highest BCUT2D eigenvalue weighted by atomic mass is 16.1. The fraction of sp³-hybridized carbons (Fsp3) is 0.647. The van der Waals surface area contributed by atoms with Gasteiger partial charge in [0.25, 0.3) is 5.91 Å². The standard InChI is InChI=1S/C17H26N4O/c22-17(20-15-7-9-18-10-8-15)14-5-6-16(19-13-14)21-11-3-1-2-4-12-21/h5-6,13,15,18H,1-4,7-12H2,(H,20,22). The summed E-state index contributed by atoms with van der Waals surface area (Å²) >= 11 is 0. The zero-order valence-corrected chi connectivity index (χ0v) is 13.2. The first kappa shape index (κ1) is 15.3. The Morgan fingerprint density at radius 2 is 1.86 bits per heavy atom. The largest absolute Gasteiger partial charge is 0.357 e. The molecule has 0 aromatic carbocycles. The van der Waals surface area contributed by atoms with Crippen LogP contribution in [-0.2, 0) is 0 Å². The maximum atomic E-state index is 12.3. The molecule has 120 valence electrons. The molecule has 0 spiro atoms. The number of nitrogens with zero attached hydrogens (tertiary/aromatic N) is 2. The number of amides is 1. The first-order valence-electron chi connectivity index (χ1n) is 8.55. The first-order valence-corrected chi connectivity index (χ1v) is 8.55. The predicted octanol–water partition coefficient (Wildman–Crippen LogP) is 1.94. The van der Waals surface area contributed by atoms with Crippen molar-refractivity contribution in [3.05, 3.63) is 23.9 Å². The lowest BCUT2D eigenvalue weighted by Crippen LogP contribution is -2.42. The maximum absolute atomic E-state index is 12.3. The number of piperidine rings is 1. The third-order valence-corrected chi connectivity index (χ3v) is 4.61. The number of hydrogen-bond donors (Lipinski definition) is 2. The molecule has 2 N–H and O–H groups in total. The molecule has 2 aliphatic heterocycles. The molecule has 0 unspecified atom stereocenters. The summed E-state index contributed by atoms with van der Waals surface area (Å²) in [6, 6.07) is 4.19. The predicted molar refractivity (Wildman–Crippen MR) is 88.3 cm³/mol. The van der Waals surface area contributed by atoms with E-state index in [2.05, 4.69) is 20.5 Å². The van der Waals surface area contributed by atoms with Gasteiger partial charge in [0.05, 0.1) is 5.56 Å². The van der Waals surface area contributed by atoms with E-state index in [-0.39, 0.29) is 5.91 Å². The van der Waals surface area contributed by atoms with Gasteiger partial charge in [-0.3, -0.25) is 4.79 Å². The Morgan fingerprint density at radius 1 is 1.14 bits per heavy atom. The van der Waals surface area contributed by atoms with Crippen LogP contribution >= 0.6 is 0 Å². The zero-order chi connectivity index (χ0) is 15.2. The van der Waals surface area contributed by atoms with E-state index in [1.54, 1.807) is 6.20 Å². The first-order chi connectivity index (χ1) is 10.8. The number of rotatable bonds is 3. The molecule has 0 bridgehead atoms. The summed E-state index contributed by atoms with van der Waals surface area (Å²) in [5.41, 5.74) is 0.664. The Balaban J connectivity index is 1.59. The summed E-state index contributed by atoms with van der Waals surface area (Å²) < 4.78 is 0. The van der Waals surface area contributed by atoms with E-state index in [4.69, 9.17) is 0 Å². The van der Waals surface area contributed by atoms with Crippen LogP contribution in [0.25, 0.3) is 0 Å². The van der Waals surface area contributed by atoms with Gasteiger partial charge in [-0.15, -0.1) is 0 Å². The van der Waals surface area contributed by atoms with Crippen molar-refractivity contribution < 1.29 is 4.79 Å². The van der Waals surface area contributed by atoms with Gasteiger partial charge in [-0.05, 0) is 50.9 Å². The number of anilines is 1. The van der Waals surface area contributed by atoms with Crippen molar-refractivity contribution in [2.45, 2.75) is 44.6 Å². The minimum Gasteiger partial charge on any atom is -0.357 e. The van der Waals surface area contributed by atoms with Crippen LogP contribution in [0.1, 0.15) is 48.9 Å². The van der Waals surface area contributed by atoms with E-state index in [1.165, 1.54) is 25.7 Å². The molecule has 0 atom stereocenters. The number of pyridine rings is 1. The monoisotopic (exact) mass is 302 g/mol. The molecular weight excluding hydrogens is 276 g/mol. The smallest absolute Gasteiger partial charge is 0.253 e. The number of hydrogen-bond acceptors (Lipinski definition) is 4. The molecular formula is C17H26N4O. The second-order valence-electron chi connectivity index (χ2n) is 6.30. The molecule has 1 amide bonds. The molecule has 2 saturated heterocycles. The summed E-state index contributed by atoms with van der Waals surface area (Å²) in [7, 11) is 0. The lowest BCUT2D eigenvalue weighted by Gasteiger charge is -2.24. The topological polar surface area (TPSA) is 57.3 Å². The highest BCUT2D eigenvalue weighted by molar-refractivity contribution is 5.94. The van der Waals surface area contributed by atoms with Crippen LogP contribution < -0.4 is 15.5 Å². The van der Waals surface area contributed by atoms with Crippen molar-refractivity contribution in [2.24, 2.45) is 0 Å². The van der Waals surface area contributed by atoms with Crippen molar-refractivity contribution >= 4 is 11.7 Å². The fourth-order valence-corrected chi connectivity index (χ4v) is 3.24. The quantitative estimate of drug-likeness (QED) is 0.896. The van der Waals surface area contributed by atoms with Gasteiger partial charge in [0.15, 0.2) is 0 Å². The summed E-state index contributed by atoms with van der Waals surface area (Å²) in [4.78, 5) is 19.1. The second kappa shape index (κ2) is 7.58. The average molecular weight is 302 g/mol. The summed E-state index contributed by atoms with van der Waals surface area (Å²) in [6.07, 6.45) is 8.83. The Labute approximate surface area is 132 Å². The van der Waals surface area contributed by atoms with Crippen LogP contribution in [-0.4, -0.2) is 43.1 Å². The maximum Gasteiger partial charge on any atom is 0.253 e. The van der Waals surface area contributed by atoms with E-state index < -0.39 is 0 Å². The summed E-state index contributed by atoms with van der Waals surface area (Å²) in [5, 5.41) is 6.42. The number of nitrogens with one attached hydrogen (secondary N) is 2. The van der Waals surface area contributed by atoms with Gasteiger partial charge < -0.3 is 15.5 Å². The molecule has 5 heteroatoms. The molecule has 3 rings (SSSR count). The molecule has 22 heavy (non-hydrogen) atoms. The Hall–Kier alpha value is -1.62. The van der Waals surface area contributed by atoms with E-state index in [0.717, 1.165) is 44.8 Å². The second-order valence-corrected chi connectivity index (χ2v) is 6.30. The molecule has 0 aliphatic carbocycles. The molecule has 1 aromatic heterocycles. The molecule has 3 heterocycles. The lowest BCUT2D eigenvalue weighted by molar-refractivity contribution is 0.0929. The third kappa shape index (κ3) is 3.97. The SMILES string of the molecule is O=C(NC1CCNCC1)c1ccc(N2CCCCCC2)nc1. The number of carbonyl (C=O) groups excluding carboxylic acids is 1. The number of carbonyl (C=O) groups is 1. The minimum atomic E-state index is 0.00168. The van der Waals surface area contributed by atoms with Crippen LogP contribution in [0.3, 0.4) is 0 Å². The van der Waals surface area contributed by atoms with Gasteiger partial charge in [0.2, 0.25) is 0 Å². The van der Waals surface area contributed by atoms with Gasteiger partial charge in [0.1, 0.15) is 5.82 Å². The van der Waals surface area contributed by atoms with E-state index in [9.17, 15) is 4.79 Å². The number of aromatic nitrogens is 1. The average Bonchev–Trinajstić information content (AvgIpc) is 2.85. The zero-order valence-electron chi connectivity index (χ0n) is 13.2. The van der Waals surface area contributed by atoms with Gasteiger partial charge in [-0.1, -0.05) is 12.8 Å². The van der Waals surface area contributed by atoms with Gasteiger partial charge in [-0.25, -0.2) is 4.98 Å². The molecule has 0 radical (unpaired) electrons. The Kier molecular flexibility index (Phi) is 5.27. The van der Waals surface area contributed by atoms with Crippen molar-refractivity contribution in [3.63, 3.8) is 0 Å².